The number of amides is 2. The lowest BCUT2D eigenvalue weighted by Gasteiger charge is -2.26. The first kappa shape index (κ1) is 23.5. The Kier molecular flexibility index (Phi) is 8.50. The minimum absolute atomic E-state index is 0.0223. The van der Waals surface area contributed by atoms with Gasteiger partial charge < -0.3 is 24.0 Å². The molecule has 1 aromatic carbocycles. The van der Waals surface area contributed by atoms with E-state index in [1.807, 2.05) is 25.1 Å². The van der Waals surface area contributed by atoms with Crippen molar-refractivity contribution in [3.05, 3.63) is 23.8 Å². The fraction of sp³-hybridized carbons (Fsp3) is 0.591. The lowest BCUT2D eigenvalue weighted by molar-refractivity contribution is -0.147. The van der Waals surface area contributed by atoms with Crippen molar-refractivity contribution < 1.29 is 28.6 Å². The maximum absolute atomic E-state index is 12.9. The summed E-state index contributed by atoms with van der Waals surface area (Å²) >= 11 is 0. The summed E-state index contributed by atoms with van der Waals surface area (Å²) in [5.74, 6) is 0.0605. The van der Waals surface area contributed by atoms with Gasteiger partial charge in [-0.25, -0.2) is 0 Å². The lowest BCUT2D eigenvalue weighted by atomic mass is 10.1. The molecule has 0 spiro atoms. The van der Waals surface area contributed by atoms with Crippen molar-refractivity contribution in [3.8, 4) is 11.5 Å². The number of esters is 1. The molecule has 1 aromatic rings. The summed E-state index contributed by atoms with van der Waals surface area (Å²) in [6, 6.07) is 5.68. The maximum atomic E-state index is 12.9. The molecule has 0 saturated carbocycles. The smallest absolute Gasteiger partial charge is 0.310 e. The molecule has 1 fully saturated rings. The number of likely N-dealkylation sites (tertiary alicyclic amines) is 1. The number of methoxy groups -OCH3 is 3. The zero-order chi connectivity index (χ0) is 22.3. The van der Waals surface area contributed by atoms with Crippen LogP contribution >= 0.6 is 0 Å². The molecule has 1 heterocycles. The van der Waals surface area contributed by atoms with Gasteiger partial charge in [-0.3, -0.25) is 14.4 Å². The predicted molar refractivity (Wildman–Crippen MR) is 111 cm³/mol. The van der Waals surface area contributed by atoms with Gasteiger partial charge in [0.1, 0.15) is 0 Å². The summed E-state index contributed by atoms with van der Waals surface area (Å²) in [6.45, 7) is 5.30. The molecule has 166 valence electrons. The van der Waals surface area contributed by atoms with Gasteiger partial charge in [-0.05, 0) is 31.0 Å². The molecule has 0 aliphatic carbocycles. The molecule has 2 unspecified atom stereocenters. The fourth-order valence-corrected chi connectivity index (χ4v) is 3.69. The van der Waals surface area contributed by atoms with Crippen LogP contribution in [0, 0.1) is 11.8 Å². The van der Waals surface area contributed by atoms with Crippen molar-refractivity contribution in [2.75, 3.05) is 47.5 Å². The van der Waals surface area contributed by atoms with E-state index in [1.165, 1.54) is 7.11 Å². The number of hydrogen-bond donors (Lipinski definition) is 0. The fourth-order valence-electron chi connectivity index (χ4n) is 3.69. The number of ether oxygens (including phenoxy) is 3. The first-order chi connectivity index (χ1) is 14.3. The minimum Gasteiger partial charge on any atom is -0.493 e. The van der Waals surface area contributed by atoms with Gasteiger partial charge in [0.15, 0.2) is 11.5 Å². The molecule has 1 aliphatic rings. The van der Waals surface area contributed by atoms with Crippen LogP contribution in [0.25, 0.3) is 0 Å². The van der Waals surface area contributed by atoms with Crippen molar-refractivity contribution >= 4 is 17.8 Å². The Morgan fingerprint density at radius 3 is 2.50 bits per heavy atom. The van der Waals surface area contributed by atoms with Crippen LogP contribution in [-0.2, 0) is 25.5 Å². The van der Waals surface area contributed by atoms with Crippen LogP contribution < -0.4 is 9.47 Å². The highest BCUT2D eigenvalue weighted by atomic mass is 16.5. The monoisotopic (exact) mass is 420 g/mol. The molecule has 2 atom stereocenters. The molecule has 0 bridgehead atoms. The summed E-state index contributed by atoms with van der Waals surface area (Å²) in [6.07, 6.45) is 0.859. The second-order valence-electron chi connectivity index (χ2n) is 7.48. The van der Waals surface area contributed by atoms with Gasteiger partial charge in [0.05, 0.1) is 33.2 Å². The highest BCUT2D eigenvalue weighted by Crippen LogP contribution is 2.28. The summed E-state index contributed by atoms with van der Waals surface area (Å²) in [5, 5.41) is 0. The Morgan fingerprint density at radius 1 is 1.20 bits per heavy atom. The summed E-state index contributed by atoms with van der Waals surface area (Å²) < 4.78 is 15.3. The molecule has 8 heteroatoms. The minimum atomic E-state index is -0.405. The van der Waals surface area contributed by atoms with Crippen LogP contribution in [0.15, 0.2) is 18.2 Å². The number of hydrogen-bond acceptors (Lipinski definition) is 6. The number of nitrogens with zero attached hydrogens (tertiary/aromatic N) is 2. The summed E-state index contributed by atoms with van der Waals surface area (Å²) in [4.78, 5) is 40.4. The van der Waals surface area contributed by atoms with Crippen LogP contribution in [0.4, 0.5) is 0 Å². The van der Waals surface area contributed by atoms with E-state index < -0.39 is 5.92 Å². The SMILES string of the molecule is CCN(CC(C)C(=O)OC)C(=O)C1CC(=O)N(CCc2ccc(OC)c(OC)c2)C1. The molecular weight excluding hydrogens is 388 g/mol. The quantitative estimate of drug-likeness (QED) is 0.536. The van der Waals surface area contributed by atoms with E-state index in [0.29, 0.717) is 44.1 Å². The van der Waals surface area contributed by atoms with Crippen LogP contribution in [0.3, 0.4) is 0 Å². The molecular formula is C22H32N2O6. The molecule has 30 heavy (non-hydrogen) atoms. The van der Waals surface area contributed by atoms with E-state index in [9.17, 15) is 14.4 Å². The van der Waals surface area contributed by atoms with Crippen molar-refractivity contribution in [3.63, 3.8) is 0 Å². The number of carbonyl (C=O) groups excluding carboxylic acids is 3. The van der Waals surface area contributed by atoms with Gasteiger partial charge in [0.2, 0.25) is 11.8 Å². The third kappa shape index (κ3) is 5.64. The van der Waals surface area contributed by atoms with Crippen molar-refractivity contribution in [2.24, 2.45) is 11.8 Å². The predicted octanol–water partition coefficient (Wildman–Crippen LogP) is 1.75. The zero-order valence-electron chi connectivity index (χ0n) is 18.5. The Labute approximate surface area is 178 Å². The normalized spacial score (nSPS) is 16.9. The molecule has 2 rings (SSSR count). The molecule has 1 saturated heterocycles. The maximum Gasteiger partial charge on any atom is 0.310 e. The van der Waals surface area contributed by atoms with Crippen molar-refractivity contribution in [1.82, 2.24) is 9.80 Å². The third-order valence-electron chi connectivity index (χ3n) is 5.47. The van der Waals surface area contributed by atoms with Crippen LogP contribution in [0.5, 0.6) is 11.5 Å². The van der Waals surface area contributed by atoms with Crippen LogP contribution in [-0.4, -0.2) is 75.1 Å². The van der Waals surface area contributed by atoms with Gasteiger partial charge in [-0.1, -0.05) is 13.0 Å². The van der Waals surface area contributed by atoms with Crippen LogP contribution in [0.1, 0.15) is 25.8 Å². The number of carbonyl (C=O) groups is 3. The molecule has 1 aliphatic heterocycles. The summed E-state index contributed by atoms with van der Waals surface area (Å²) in [5.41, 5.74) is 1.03. The molecule has 0 radical (unpaired) electrons. The standard InChI is InChI=1S/C22H32N2O6/c1-6-23(13-15(2)22(27)30-5)21(26)17-12-20(25)24(14-17)10-9-16-7-8-18(28-3)19(11-16)29-4/h7-8,11,15,17H,6,9-10,12-14H2,1-5H3. The molecule has 2 amide bonds. The van der Waals surface area contributed by atoms with E-state index in [1.54, 1.807) is 30.9 Å². The van der Waals surface area contributed by atoms with Gasteiger partial charge in [0, 0.05) is 32.6 Å². The number of benzene rings is 1. The first-order valence-electron chi connectivity index (χ1n) is 10.2. The van der Waals surface area contributed by atoms with Crippen molar-refractivity contribution in [1.29, 1.82) is 0 Å². The third-order valence-corrected chi connectivity index (χ3v) is 5.47. The Bertz CT molecular complexity index is 766. The largest absolute Gasteiger partial charge is 0.493 e. The highest BCUT2D eigenvalue weighted by molar-refractivity contribution is 5.89. The second-order valence-corrected chi connectivity index (χ2v) is 7.48. The van der Waals surface area contributed by atoms with Gasteiger partial charge in [-0.2, -0.15) is 0 Å². The van der Waals surface area contributed by atoms with Gasteiger partial charge in [-0.15, -0.1) is 0 Å². The topological polar surface area (TPSA) is 85.4 Å². The van der Waals surface area contributed by atoms with E-state index in [0.717, 1.165) is 5.56 Å². The zero-order valence-corrected chi connectivity index (χ0v) is 18.5. The van der Waals surface area contributed by atoms with Crippen molar-refractivity contribution in [2.45, 2.75) is 26.7 Å². The van der Waals surface area contributed by atoms with E-state index >= 15 is 0 Å². The second kappa shape index (κ2) is 10.8. The average molecular weight is 421 g/mol. The average Bonchev–Trinajstić information content (AvgIpc) is 3.14. The lowest BCUT2D eigenvalue weighted by Crippen LogP contribution is -2.41. The Balaban J connectivity index is 1.95. The summed E-state index contributed by atoms with van der Waals surface area (Å²) in [7, 11) is 4.51. The Hall–Kier alpha value is -2.77. The van der Waals surface area contributed by atoms with E-state index in [2.05, 4.69) is 0 Å². The molecule has 0 aromatic heterocycles. The Morgan fingerprint density at radius 2 is 1.90 bits per heavy atom. The molecule has 0 N–H and O–H groups in total. The van der Waals surface area contributed by atoms with Crippen LogP contribution in [0.2, 0.25) is 0 Å². The molecule has 8 nitrogen and oxygen atoms in total. The number of rotatable bonds is 10. The van der Waals surface area contributed by atoms with E-state index in [-0.39, 0.29) is 30.1 Å². The van der Waals surface area contributed by atoms with Gasteiger partial charge >= 0.3 is 5.97 Å². The van der Waals surface area contributed by atoms with E-state index in [4.69, 9.17) is 14.2 Å². The van der Waals surface area contributed by atoms with Gasteiger partial charge in [0.25, 0.3) is 0 Å². The highest BCUT2D eigenvalue weighted by Gasteiger charge is 2.36. The first-order valence-corrected chi connectivity index (χ1v) is 10.2.